The first kappa shape index (κ1) is 30.7. The molecule has 11 nitrogen and oxygen atoms in total. The molecule has 0 N–H and O–H groups in total. The Bertz CT molecular complexity index is 1590. The molecule has 2 fully saturated rings. The van der Waals surface area contributed by atoms with Crippen LogP contribution in [0.15, 0.2) is 42.7 Å². The van der Waals surface area contributed by atoms with E-state index >= 15 is 0 Å². The summed E-state index contributed by atoms with van der Waals surface area (Å²) in [6.07, 6.45) is 10.7. The maximum atomic E-state index is 13.1. The van der Waals surface area contributed by atoms with Crippen molar-refractivity contribution < 1.29 is 14.3 Å². The van der Waals surface area contributed by atoms with Crippen LogP contribution in [0.2, 0.25) is 0 Å². The first-order valence-electron chi connectivity index (χ1n) is 15.8. The molecule has 1 atom stereocenters. The van der Waals surface area contributed by atoms with Gasteiger partial charge in [-0.05, 0) is 45.8 Å². The first-order valence-corrected chi connectivity index (χ1v) is 15.8. The molecule has 1 aliphatic carbocycles. The van der Waals surface area contributed by atoms with Crippen molar-refractivity contribution in [3.63, 3.8) is 0 Å². The van der Waals surface area contributed by atoms with Crippen LogP contribution in [0.5, 0.6) is 6.01 Å². The monoisotopic (exact) mass is 610 g/mol. The van der Waals surface area contributed by atoms with Crippen molar-refractivity contribution in [2.24, 2.45) is 0 Å². The number of nitrogens with zero attached hydrogens (tertiary/aromatic N) is 8. The van der Waals surface area contributed by atoms with Crippen LogP contribution >= 0.6 is 0 Å². The lowest BCUT2D eigenvalue weighted by Crippen LogP contribution is -2.56. The second-order valence-electron chi connectivity index (χ2n) is 12.3. The summed E-state index contributed by atoms with van der Waals surface area (Å²) >= 11 is 0. The zero-order valence-electron chi connectivity index (χ0n) is 26.5. The molecule has 4 heterocycles. The molecule has 0 spiro atoms. The van der Waals surface area contributed by atoms with Gasteiger partial charge in [0.15, 0.2) is 0 Å². The Hall–Kier alpha value is -4.27. The van der Waals surface area contributed by atoms with Gasteiger partial charge in [0.05, 0.1) is 36.8 Å². The number of anilines is 2. The molecule has 1 saturated heterocycles. The summed E-state index contributed by atoms with van der Waals surface area (Å²) in [4.78, 5) is 39.6. The third kappa shape index (κ3) is 7.18. The second kappa shape index (κ2) is 13.8. The number of ether oxygens (including phenoxy) is 2. The Labute approximate surface area is 265 Å². The quantitative estimate of drug-likeness (QED) is 0.184. The van der Waals surface area contributed by atoms with Gasteiger partial charge in [-0.1, -0.05) is 24.3 Å². The summed E-state index contributed by atoms with van der Waals surface area (Å²) in [6, 6.07) is 6.42. The fourth-order valence-electron chi connectivity index (χ4n) is 6.20. The number of pyridine rings is 1. The molecule has 3 aromatic rings. The number of likely N-dealkylation sites (N-methyl/N-ethyl adjacent to an activating group) is 1. The summed E-state index contributed by atoms with van der Waals surface area (Å²) in [7, 11) is 3.93. The van der Waals surface area contributed by atoms with E-state index in [1.54, 1.807) is 6.08 Å². The van der Waals surface area contributed by atoms with Gasteiger partial charge in [0.25, 0.3) is 0 Å². The van der Waals surface area contributed by atoms with Gasteiger partial charge in [0, 0.05) is 61.3 Å². The van der Waals surface area contributed by atoms with Crippen molar-refractivity contribution in [1.29, 1.82) is 0 Å². The van der Waals surface area contributed by atoms with E-state index < -0.39 is 0 Å². The molecule has 11 heteroatoms. The van der Waals surface area contributed by atoms with Gasteiger partial charge in [-0.25, -0.2) is 6.57 Å². The van der Waals surface area contributed by atoms with Gasteiger partial charge in [0.2, 0.25) is 12.5 Å². The summed E-state index contributed by atoms with van der Waals surface area (Å²) < 4.78 is 11.9. The standard InChI is InChI=1S/C34H42N8O3/c1-24-7-5-8-25-19-36-21-30(32(24)25)40-14-12-28-29(23-40)37-34(45-18-17-44-27-10-11-27)38-33(28)41-15-16-42(26(22-41)20-35-2)31(43)9-6-13-39(3)4/h5-9,19,21,26-27H,10-18,20,22-23H2,1,3-4H3/b9-6+/t26-/m0/s1. The van der Waals surface area contributed by atoms with E-state index in [0.29, 0.717) is 58.1 Å². The highest BCUT2D eigenvalue weighted by molar-refractivity contribution is 5.96. The zero-order valence-corrected chi connectivity index (χ0v) is 26.5. The number of piperazine rings is 1. The predicted molar refractivity (Wildman–Crippen MR) is 175 cm³/mol. The van der Waals surface area contributed by atoms with Crippen LogP contribution in [0.4, 0.5) is 11.5 Å². The highest BCUT2D eigenvalue weighted by Gasteiger charge is 2.35. The molecule has 2 aromatic heterocycles. The molecule has 0 unspecified atom stereocenters. The van der Waals surface area contributed by atoms with Crippen molar-refractivity contribution in [3.05, 3.63) is 71.0 Å². The van der Waals surface area contributed by atoms with E-state index in [9.17, 15) is 4.79 Å². The van der Waals surface area contributed by atoms with Crippen molar-refractivity contribution in [2.45, 2.75) is 44.9 Å². The van der Waals surface area contributed by atoms with Gasteiger partial charge >= 0.3 is 6.01 Å². The largest absolute Gasteiger partial charge is 0.461 e. The summed E-state index contributed by atoms with van der Waals surface area (Å²) in [6.45, 7) is 14.6. The molecule has 0 radical (unpaired) electrons. The van der Waals surface area contributed by atoms with E-state index in [1.165, 1.54) is 10.9 Å². The Morgan fingerprint density at radius 1 is 1.13 bits per heavy atom. The van der Waals surface area contributed by atoms with E-state index in [1.807, 2.05) is 42.4 Å². The van der Waals surface area contributed by atoms with Crippen molar-refractivity contribution in [2.75, 3.05) is 76.4 Å². The minimum atomic E-state index is -0.237. The topological polar surface area (TPSA) is 91.5 Å². The Kier molecular flexibility index (Phi) is 9.42. The average molecular weight is 611 g/mol. The van der Waals surface area contributed by atoms with E-state index in [0.717, 1.165) is 54.0 Å². The number of benzene rings is 1. The number of fused-ring (bicyclic) bond motifs is 2. The number of amides is 1. The lowest BCUT2D eigenvalue weighted by Gasteiger charge is -2.41. The van der Waals surface area contributed by atoms with Gasteiger partial charge in [-0.3, -0.25) is 9.78 Å². The van der Waals surface area contributed by atoms with Crippen LogP contribution in [-0.4, -0.2) is 109 Å². The number of carbonyl (C=O) groups is 1. The van der Waals surface area contributed by atoms with Gasteiger partial charge in [-0.2, -0.15) is 9.97 Å². The number of hydrogen-bond donors (Lipinski definition) is 0. The average Bonchev–Trinajstić information content (AvgIpc) is 3.87. The molecule has 1 aromatic carbocycles. The normalized spacial score (nSPS) is 18.5. The van der Waals surface area contributed by atoms with Gasteiger partial charge in [0.1, 0.15) is 18.5 Å². The molecule has 1 amide bonds. The molecular formula is C34H42N8O3. The maximum Gasteiger partial charge on any atom is 0.318 e. The molecule has 236 valence electrons. The van der Waals surface area contributed by atoms with Crippen LogP contribution in [0, 0.1) is 13.5 Å². The fraction of sp³-hybridized carbons (Fsp3) is 0.500. The Morgan fingerprint density at radius 3 is 2.80 bits per heavy atom. The van der Waals surface area contributed by atoms with E-state index in [4.69, 9.17) is 26.0 Å². The summed E-state index contributed by atoms with van der Waals surface area (Å²) in [5.74, 6) is 0.791. The zero-order chi connectivity index (χ0) is 31.3. The van der Waals surface area contributed by atoms with Crippen LogP contribution < -0.4 is 14.5 Å². The maximum absolute atomic E-state index is 13.1. The number of hydrogen-bond acceptors (Lipinski definition) is 9. The Morgan fingerprint density at radius 2 is 2.00 bits per heavy atom. The highest BCUT2D eigenvalue weighted by atomic mass is 16.5. The molecule has 45 heavy (non-hydrogen) atoms. The third-order valence-electron chi connectivity index (χ3n) is 8.63. The van der Waals surface area contributed by atoms with Crippen LogP contribution in [0.1, 0.15) is 29.7 Å². The minimum Gasteiger partial charge on any atom is -0.461 e. The minimum absolute atomic E-state index is 0.0517. The SMILES string of the molecule is [C-]#[N+]C[C@H]1CN(c2nc(OCCOC3CC3)nc3c2CCN(c2cncc4cccc(C)c24)C3)CCN1C(=O)/C=C/CN(C)C. The predicted octanol–water partition coefficient (Wildman–Crippen LogP) is 3.51. The lowest BCUT2D eigenvalue weighted by molar-refractivity contribution is -0.128. The van der Waals surface area contributed by atoms with Crippen LogP contribution in [-0.2, 0) is 22.5 Å². The van der Waals surface area contributed by atoms with Crippen LogP contribution in [0.25, 0.3) is 15.6 Å². The molecule has 0 bridgehead atoms. The number of aryl methyl sites for hydroxylation is 1. The van der Waals surface area contributed by atoms with Crippen LogP contribution in [0.3, 0.4) is 0 Å². The fourth-order valence-corrected chi connectivity index (χ4v) is 6.20. The third-order valence-corrected chi connectivity index (χ3v) is 8.63. The summed E-state index contributed by atoms with van der Waals surface area (Å²) in [5, 5.41) is 2.33. The smallest absolute Gasteiger partial charge is 0.318 e. The van der Waals surface area contributed by atoms with E-state index in [-0.39, 0.29) is 18.5 Å². The Balaban J connectivity index is 1.27. The molecular weight excluding hydrogens is 568 g/mol. The first-order chi connectivity index (χ1) is 21.9. The molecule has 2 aliphatic heterocycles. The van der Waals surface area contributed by atoms with Crippen molar-refractivity contribution >= 4 is 28.2 Å². The molecule has 1 saturated carbocycles. The van der Waals surface area contributed by atoms with E-state index in [2.05, 4.69) is 44.8 Å². The second-order valence-corrected chi connectivity index (χ2v) is 12.3. The summed E-state index contributed by atoms with van der Waals surface area (Å²) in [5.41, 5.74) is 4.35. The molecule has 6 rings (SSSR count). The highest BCUT2D eigenvalue weighted by Crippen LogP contribution is 2.35. The van der Waals surface area contributed by atoms with Crippen molar-refractivity contribution in [3.8, 4) is 6.01 Å². The number of rotatable bonds is 11. The van der Waals surface area contributed by atoms with Crippen molar-refractivity contribution in [1.82, 2.24) is 24.8 Å². The number of carbonyl (C=O) groups excluding carboxylic acids is 1. The van der Waals surface area contributed by atoms with Gasteiger partial charge in [-0.15, -0.1) is 0 Å². The van der Waals surface area contributed by atoms with Gasteiger partial charge < -0.3 is 33.9 Å². The lowest BCUT2D eigenvalue weighted by atomic mass is 10.0. The number of aromatic nitrogens is 3. The molecule has 3 aliphatic rings.